The topological polar surface area (TPSA) is 15.3 Å². The molecule has 0 aliphatic heterocycles. The molecule has 100 valence electrons. The van der Waals surface area contributed by atoms with E-state index in [4.69, 9.17) is 0 Å². The molecule has 2 aliphatic rings. The molecule has 4 atom stereocenters. The highest BCUT2D eigenvalue weighted by molar-refractivity contribution is 4.86. The fraction of sp³-hybridized carbons (Fsp3) is 1.00. The van der Waals surface area contributed by atoms with Crippen molar-refractivity contribution < 1.29 is 0 Å². The quantitative estimate of drug-likeness (QED) is 0.810. The fourth-order valence-corrected chi connectivity index (χ4v) is 3.96. The molecule has 0 heterocycles. The second-order valence-electron chi connectivity index (χ2n) is 6.45. The Bertz CT molecular complexity index is 229. The van der Waals surface area contributed by atoms with Gasteiger partial charge in [0, 0.05) is 18.6 Å². The summed E-state index contributed by atoms with van der Waals surface area (Å²) in [5.74, 6) is 1.84. The molecular weight excluding hydrogens is 208 g/mol. The molecule has 4 unspecified atom stereocenters. The molecule has 2 fully saturated rings. The molecule has 0 amide bonds. The molecule has 0 aromatic heterocycles. The van der Waals surface area contributed by atoms with Crippen LogP contribution in [0, 0.1) is 11.8 Å². The van der Waals surface area contributed by atoms with Crippen LogP contribution in [0.4, 0.5) is 0 Å². The SMILES string of the molecule is CNC1CCCC1CN(C)C1CCCC(C)C1. The maximum absolute atomic E-state index is 3.50. The standard InChI is InChI=1S/C15H30N2/c1-12-6-4-8-14(10-12)17(3)11-13-7-5-9-15(13)16-2/h12-16H,4-11H2,1-3H3. The van der Waals surface area contributed by atoms with Crippen LogP contribution in [0.25, 0.3) is 0 Å². The number of nitrogens with one attached hydrogen (secondary N) is 1. The number of hydrogen-bond donors (Lipinski definition) is 1. The third-order valence-electron chi connectivity index (χ3n) is 5.08. The lowest BCUT2D eigenvalue weighted by molar-refractivity contribution is 0.138. The summed E-state index contributed by atoms with van der Waals surface area (Å²) >= 11 is 0. The molecule has 0 radical (unpaired) electrons. The Balaban J connectivity index is 1.81. The summed E-state index contributed by atoms with van der Waals surface area (Å²) in [7, 11) is 4.49. The maximum Gasteiger partial charge on any atom is 0.0104 e. The van der Waals surface area contributed by atoms with Crippen molar-refractivity contribution in [3.8, 4) is 0 Å². The van der Waals surface area contributed by atoms with Gasteiger partial charge >= 0.3 is 0 Å². The minimum Gasteiger partial charge on any atom is -0.317 e. The van der Waals surface area contributed by atoms with Crippen molar-refractivity contribution in [3.63, 3.8) is 0 Å². The van der Waals surface area contributed by atoms with Crippen LogP contribution in [0.15, 0.2) is 0 Å². The van der Waals surface area contributed by atoms with Gasteiger partial charge in [-0.3, -0.25) is 0 Å². The monoisotopic (exact) mass is 238 g/mol. The van der Waals surface area contributed by atoms with E-state index in [9.17, 15) is 0 Å². The third-order valence-corrected chi connectivity index (χ3v) is 5.08. The smallest absolute Gasteiger partial charge is 0.0104 e. The van der Waals surface area contributed by atoms with Gasteiger partial charge in [0.05, 0.1) is 0 Å². The van der Waals surface area contributed by atoms with Gasteiger partial charge in [0.2, 0.25) is 0 Å². The summed E-state index contributed by atoms with van der Waals surface area (Å²) in [4.78, 5) is 2.66. The minimum absolute atomic E-state index is 0.776. The fourth-order valence-electron chi connectivity index (χ4n) is 3.96. The van der Waals surface area contributed by atoms with Crippen molar-refractivity contribution in [3.05, 3.63) is 0 Å². The Labute approximate surface area is 107 Å². The van der Waals surface area contributed by atoms with Gasteiger partial charge in [-0.25, -0.2) is 0 Å². The third kappa shape index (κ3) is 3.45. The van der Waals surface area contributed by atoms with Crippen molar-refractivity contribution in [1.29, 1.82) is 0 Å². The molecule has 0 aromatic carbocycles. The summed E-state index contributed by atoms with van der Waals surface area (Å²) in [6.07, 6.45) is 9.98. The Morgan fingerprint density at radius 3 is 2.59 bits per heavy atom. The van der Waals surface area contributed by atoms with Gasteiger partial charge in [-0.2, -0.15) is 0 Å². The van der Waals surface area contributed by atoms with E-state index in [1.807, 2.05) is 0 Å². The van der Waals surface area contributed by atoms with Gasteiger partial charge < -0.3 is 10.2 Å². The van der Waals surface area contributed by atoms with Gasteiger partial charge in [0.1, 0.15) is 0 Å². The van der Waals surface area contributed by atoms with Gasteiger partial charge in [0.15, 0.2) is 0 Å². The first-order valence-corrected chi connectivity index (χ1v) is 7.58. The number of nitrogens with zero attached hydrogens (tertiary/aromatic N) is 1. The average molecular weight is 238 g/mol. The van der Waals surface area contributed by atoms with E-state index >= 15 is 0 Å². The average Bonchev–Trinajstić information content (AvgIpc) is 2.76. The molecule has 2 aliphatic carbocycles. The molecule has 1 N–H and O–H groups in total. The summed E-state index contributed by atoms with van der Waals surface area (Å²) in [5, 5.41) is 3.50. The number of hydrogen-bond acceptors (Lipinski definition) is 2. The van der Waals surface area contributed by atoms with E-state index in [-0.39, 0.29) is 0 Å². The Hall–Kier alpha value is -0.0800. The van der Waals surface area contributed by atoms with Crippen LogP contribution in [0.3, 0.4) is 0 Å². The van der Waals surface area contributed by atoms with Crippen LogP contribution >= 0.6 is 0 Å². The first-order chi connectivity index (χ1) is 8.20. The summed E-state index contributed by atoms with van der Waals surface area (Å²) in [6, 6.07) is 1.63. The largest absolute Gasteiger partial charge is 0.317 e. The van der Waals surface area contributed by atoms with E-state index in [0.29, 0.717) is 0 Å². The molecule has 0 bridgehead atoms. The Morgan fingerprint density at radius 2 is 1.88 bits per heavy atom. The van der Waals surface area contributed by atoms with Crippen molar-refractivity contribution in [2.45, 2.75) is 64.0 Å². The summed E-state index contributed by atoms with van der Waals surface area (Å²) < 4.78 is 0. The van der Waals surface area contributed by atoms with E-state index in [1.165, 1.54) is 51.5 Å². The van der Waals surface area contributed by atoms with Gasteiger partial charge in [-0.1, -0.05) is 26.2 Å². The molecule has 0 saturated heterocycles. The van der Waals surface area contributed by atoms with E-state index in [2.05, 4.69) is 31.2 Å². The van der Waals surface area contributed by atoms with Crippen molar-refractivity contribution in [2.75, 3.05) is 20.6 Å². The van der Waals surface area contributed by atoms with Crippen LogP contribution in [-0.2, 0) is 0 Å². The zero-order valence-electron chi connectivity index (χ0n) is 11.9. The van der Waals surface area contributed by atoms with E-state index in [0.717, 1.165) is 23.9 Å². The molecule has 2 heteroatoms. The zero-order valence-corrected chi connectivity index (χ0v) is 11.9. The summed E-state index contributed by atoms with van der Waals surface area (Å²) in [6.45, 7) is 3.73. The predicted octanol–water partition coefficient (Wildman–Crippen LogP) is 2.89. The highest BCUT2D eigenvalue weighted by Gasteiger charge is 2.29. The molecule has 2 nitrogen and oxygen atoms in total. The lowest BCUT2D eigenvalue weighted by Gasteiger charge is -2.36. The van der Waals surface area contributed by atoms with Gasteiger partial charge in [-0.05, 0) is 51.6 Å². The zero-order chi connectivity index (χ0) is 12.3. The highest BCUT2D eigenvalue weighted by atomic mass is 15.1. The van der Waals surface area contributed by atoms with Gasteiger partial charge in [-0.15, -0.1) is 0 Å². The van der Waals surface area contributed by atoms with E-state index < -0.39 is 0 Å². The van der Waals surface area contributed by atoms with Crippen LogP contribution in [0.2, 0.25) is 0 Å². The molecular formula is C15H30N2. The predicted molar refractivity (Wildman–Crippen MR) is 74.2 cm³/mol. The van der Waals surface area contributed by atoms with E-state index in [1.54, 1.807) is 0 Å². The van der Waals surface area contributed by atoms with Crippen molar-refractivity contribution in [1.82, 2.24) is 10.2 Å². The lowest BCUT2D eigenvalue weighted by Crippen LogP contribution is -2.42. The van der Waals surface area contributed by atoms with Gasteiger partial charge in [0.25, 0.3) is 0 Å². The number of rotatable bonds is 4. The van der Waals surface area contributed by atoms with Crippen LogP contribution in [0.1, 0.15) is 51.9 Å². The minimum atomic E-state index is 0.776. The normalized spacial score (nSPS) is 38.8. The molecule has 17 heavy (non-hydrogen) atoms. The molecule has 2 saturated carbocycles. The summed E-state index contributed by atoms with van der Waals surface area (Å²) in [5.41, 5.74) is 0. The Kier molecular flexibility index (Phi) is 4.87. The lowest BCUT2D eigenvalue weighted by atomic mass is 9.86. The highest BCUT2D eigenvalue weighted by Crippen LogP contribution is 2.30. The van der Waals surface area contributed by atoms with Crippen molar-refractivity contribution >= 4 is 0 Å². The van der Waals surface area contributed by atoms with Crippen LogP contribution < -0.4 is 5.32 Å². The Morgan fingerprint density at radius 1 is 1.12 bits per heavy atom. The second-order valence-corrected chi connectivity index (χ2v) is 6.45. The maximum atomic E-state index is 3.50. The van der Waals surface area contributed by atoms with Crippen molar-refractivity contribution in [2.24, 2.45) is 11.8 Å². The molecule has 0 spiro atoms. The molecule has 2 rings (SSSR count). The van der Waals surface area contributed by atoms with Crippen LogP contribution in [-0.4, -0.2) is 37.6 Å². The van der Waals surface area contributed by atoms with Crippen LogP contribution in [0.5, 0.6) is 0 Å². The first-order valence-electron chi connectivity index (χ1n) is 7.58. The first kappa shape index (κ1) is 13.4. The second kappa shape index (κ2) is 6.19. The molecule has 0 aromatic rings.